The third kappa shape index (κ3) is 4.41. The second-order valence-corrected chi connectivity index (χ2v) is 6.88. The predicted molar refractivity (Wildman–Crippen MR) is 105 cm³/mol. The number of halogens is 2. The van der Waals surface area contributed by atoms with Gasteiger partial charge in [-0.15, -0.1) is 36.2 Å². The molecule has 0 saturated carbocycles. The molecule has 1 amide bonds. The number of nitrogen functional groups attached to an aromatic ring is 1. The van der Waals surface area contributed by atoms with Crippen LogP contribution in [-0.4, -0.2) is 28.9 Å². The Hall–Kier alpha value is -1.30. The molecule has 2 N–H and O–H groups in total. The topological polar surface area (TPSA) is 59.2 Å². The van der Waals surface area contributed by atoms with Crippen LogP contribution in [-0.2, 0) is 0 Å². The van der Waals surface area contributed by atoms with Crippen LogP contribution in [0.3, 0.4) is 0 Å². The number of nitrogens with two attached hydrogens (primary N) is 1. The number of amides is 1. The van der Waals surface area contributed by atoms with Gasteiger partial charge in [-0.2, -0.15) is 0 Å². The molecule has 1 aromatic carbocycles. The molecule has 4 nitrogen and oxygen atoms in total. The summed E-state index contributed by atoms with van der Waals surface area (Å²) in [5, 5.41) is 3.23. The van der Waals surface area contributed by atoms with Gasteiger partial charge in [-0.05, 0) is 44.4 Å². The maximum absolute atomic E-state index is 12.8. The van der Waals surface area contributed by atoms with Gasteiger partial charge in [0.05, 0.1) is 5.01 Å². The van der Waals surface area contributed by atoms with E-state index in [4.69, 9.17) is 5.73 Å². The van der Waals surface area contributed by atoms with Crippen molar-refractivity contribution < 1.29 is 4.79 Å². The lowest BCUT2D eigenvalue weighted by Crippen LogP contribution is -2.39. The summed E-state index contributed by atoms with van der Waals surface area (Å²) in [6, 6.07) is 5.53. The Balaban J connectivity index is 0.00000144. The maximum Gasteiger partial charge on any atom is 0.254 e. The van der Waals surface area contributed by atoms with Crippen LogP contribution in [0.4, 0.5) is 5.69 Å². The first-order valence-corrected chi connectivity index (χ1v) is 8.50. The summed E-state index contributed by atoms with van der Waals surface area (Å²) < 4.78 is 0. The third-order valence-electron chi connectivity index (χ3n) is 4.19. The molecular weight excluding hydrogens is 365 g/mol. The minimum Gasteiger partial charge on any atom is -0.399 e. The summed E-state index contributed by atoms with van der Waals surface area (Å²) in [5.41, 5.74) is 9.24. The molecule has 2 aromatic rings. The molecule has 24 heavy (non-hydrogen) atoms. The van der Waals surface area contributed by atoms with Crippen LogP contribution in [0.2, 0.25) is 0 Å². The molecule has 1 unspecified atom stereocenters. The highest BCUT2D eigenvalue weighted by molar-refractivity contribution is 7.09. The van der Waals surface area contributed by atoms with Crippen molar-refractivity contribution in [2.24, 2.45) is 0 Å². The van der Waals surface area contributed by atoms with Crippen LogP contribution >= 0.6 is 36.2 Å². The van der Waals surface area contributed by atoms with Crippen LogP contribution in [0.5, 0.6) is 0 Å². The third-order valence-corrected chi connectivity index (χ3v) is 5.31. The highest BCUT2D eigenvalue weighted by atomic mass is 35.5. The summed E-state index contributed by atoms with van der Waals surface area (Å²) in [6.07, 6.45) is 2.13. The predicted octanol–water partition coefficient (Wildman–Crippen LogP) is 4.21. The molecule has 7 heteroatoms. The number of nitrogens with zero attached hydrogens (tertiary/aromatic N) is 2. The van der Waals surface area contributed by atoms with Gasteiger partial charge in [0.25, 0.3) is 5.91 Å². The fraction of sp³-hybridized carbons (Fsp3) is 0.412. The second kappa shape index (κ2) is 8.70. The summed E-state index contributed by atoms with van der Waals surface area (Å²) in [7, 11) is 0. The number of hydrogen-bond acceptors (Lipinski definition) is 4. The van der Waals surface area contributed by atoms with E-state index in [1.54, 1.807) is 17.4 Å². The standard InChI is InChI=1S/C17H21N3OS.2ClH/c1-11-5-6-14(18)8-15(11)17(21)20-7-3-4-13(9-20)16-19-12(2)10-22-16;;/h5-6,8,10,13H,3-4,7,9,18H2,1-2H3;2*1H. The lowest BCUT2D eigenvalue weighted by atomic mass is 9.97. The van der Waals surface area contributed by atoms with E-state index in [2.05, 4.69) is 10.4 Å². The Morgan fingerprint density at radius 1 is 1.33 bits per heavy atom. The van der Waals surface area contributed by atoms with Crippen molar-refractivity contribution in [2.75, 3.05) is 18.8 Å². The molecule has 1 saturated heterocycles. The van der Waals surface area contributed by atoms with Gasteiger partial charge in [0.2, 0.25) is 0 Å². The van der Waals surface area contributed by atoms with Crippen molar-refractivity contribution in [3.63, 3.8) is 0 Å². The molecule has 0 spiro atoms. The summed E-state index contributed by atoms with van der Waals surface area (Å²) in [5.74, 6) is 0.445. The number of anilines is 1. The smallest absolute Gasteiger partial charge is 0.254 e. The first-order valence-electron chi connectivity index (χ1n) is 7.62. The summed E-state index contributed by atoms with van der Waals surface area (Å²) in [6.45, 7) is 5.54. The first kappa shape index (κ1) is 20.7. The molecule has 1 aromatic heterocycles. The lowest BCUT2D eigenvalue weighted by molar-refractivity contribution is 0.0706. The van der Waals surface area contributed by atoms with Crippen molar-refractivity contribution in [1.82, 2.24) is 9.88 Å². The average molecular weight is 388 g/mol. The maximum atomic E-state index is 12.8. The number of carbonyl (C=O) groups is 1. The SMILES string of the molecule is Cc1csc(C2CCCN(C(=O)c3cc(N)ccc3C)C2)n1.Cl.Cl. The molecule has 0 radical (unpaired) electrons. The van der Waals surface area contributed by atoms with E-state index in [9.17, 15) is 4.79 Å². The van der Waals surface area contributed by atoms with Crippen molar-refractivity contribution in [2.45, 2.75) is 32.6 Å². The summed E-state index contributed by atoms with van der Waals surface area (Å²) >= 11 is 1.70. The molecule has 0 aliphatic carbocycles. The van der Waals surface area contributed by atoms with Gasteiger partial charge in [-0.3, -0.25) is 4.79 Å². The average Bonchev–Trinajstić information content (AvgIpc) is 2.96. The number of hydrogen-bond donors (Lipinski definition) is 1. The van der Waals surface area contributed by atoms with E-state index in [-0.39, 0.29) is 30.7 Å². The molecule has 1 aliphatic rings. The minimum absolute atomic E-state index is 0. The number of benzene rings is 1. The Bertz CT molecular complexity index is 705. The van der Waals surface area contributed by atoms with E-state index < -0.39 is 0 Å². The number of carbonyl (C=O) groups excluding carboxylic acids is 1. The molecule has 0 bridgehead atoms. The van der Waals surface area contributed by atoms with Gasteiger partial charge in [-0.1, -0.05) is 6.07 Å². The largest absolute Gasteiger partial charge is 0.399 e. The van der Waals surface area contributed by atoms with Gasteiger partial charge in [0.15, 0.2) is 0 Å². The normalized spacial score (nSPS) is 16.9. The van der Waals surface area contributed by atoms with Gasteiger partial charge >= 0.3 is 0 Å². The van der Waals surface area contributed by atoms with E-state index in [0.29, 0.717) is 11.6 Å². The van der Waals surface area contributed by atoms with Gasteiger partial charge in [0.1, 0.15) is 0 Å². The van der Waals surface area contributed by atoms with E-state index >= 15 is 0 Å². The molecule has 132 valence electrons. The fourth-order valence-corrected chi connectivity index (χ4v) is 3.89. The molecule has 3 rings (SSSR count). The molecule has 1 fully saturated rings. The van der Waals surface area contributed by atoms with E-state index in [1.165, 1.54) is 0 Å². The number of piperidine rings is 1. The number of aromatic nitrogens is 1. The first-order chi connectivity index (χ1) is 10.5. The van der Waals surface area contributed by atoms with E-state index in [1.807, 2.05) is 30.9 Å². The number of rotatable bonds is 2. The highest BCUT2D eigenvalue weighted by Crippen LogP contribution is 2.30. The van der Waals surface area contributed by atoms with Crippen molar-refractivity contribution >= 4 is 47.7 Å². The second-order valence-electron chi connectivity index (χ2n) is 5.99. The Morgan fingerprint density at radius 2 is 2.08 bits per heavy atom. The highest BCUT2D eigenvalue weighted by Gasteiger charge is 2.27. The lowest BCUT2D eigenvalue weighted by Gasteiger charge is -2.32. The van der Waals surface area contributed by atoms with Crippen LogP contribution in [0.1, 0.15) is 45.4 Å². The zero-order valence-electron chi connectivity index (χ0n) is 13.8. The van der Waals surface area contributed by atoms with Gasteiger partial charge < -0.3 is 10.6 Å². The number of thiazole rings is 1. The Kier molecular flexibility index (Phi) is 7.52. The zero-order valence-corrected chi connectivity index (χ0v) is 16.3. The van der Waals surface area contributed by atoms with Crippen LogP contribution in [0, 0.1) is 13.8 Å². The minimum atomic E-state index is 0. The van der Waals surface area contributed by atoms with Gasteiger partial charge in [-0.25, -0.2) is 4.98 Å². The van der Waals surface area contributed by atoms with E-state index in [0.717, 1.165) is 47.8 Å². The molecule has 1 aliphatic heterocycles. The molecular formula is C17H23Cl2N3OS. The van der Waals surface area contributed by atoms with Crippen molar-refractivity contribution in [3.05, 3.63) is 45.4 Å². The molecule has 2 heterocycles. The Labute approximate surface area is 159 Å². The molecule has 1 atom stereocenters. The quantitative estimate of drug-likeness (QED) is 0.785. The Morgan fingerprint density at radius 3 is 2.75 bits per heavy atom. The van der Waals surface area contributed by atoms with Crippen molar-refractivity contribution in [1.29, 1.82) is 0 Å². The van der Waals surface area contributed by atoms with Crippen molar-refractivity contribution in [3.8, 4) is 0 Å². The van der Waals surface area contributed by atoms with Gasteiger partial charge in [0, 0.05) is 41.3 Å². The monoisotopic (exact) mass is 387 g/mol. The van der Waals surface area contributed by atoms with Crippen LogP contribution in [0.25, 0.3) is 0 Å². The van der Waals surface area contributed by atoms with Crippen LogP contribution in [0.15, 0.2) is 23.6 Å². The number of likely N-dealkylation sites (tertiary alicyclic amines) is 1. The number of aryl methyl sites for hydroxylation is 2. The van der Waals surface area contributed by atoms with Crippen LogP contribution < -0.4 is 5.73 Å². The zero-order chi connectivity index (χ0) is 15.7. The fourth-order valence-electron chi connectivity index (χ4n) is 2.96. The summed E-state index contributed by atoms with van der Waals surface area (Å²) in [4.78, 5) is 19.4.